The van der Waals surface area contributed by atoms with E-state index in [4.69, 9.17) is 15.0 Å². The molecule has 10 heteroatoms. The maximum atomic E-state index is 11.8. The molecule has 0 radical (unpaired) electrons. The average Bonchev–Trinajstić information content (AvgIpc) is 3.34. The van der Waals surface area contributed by atoms with E-state index < -0.39 is 10.9 Å². The number of nitrogens with zero attached hydrogens (tertiary/aromatic N) is 5. The summed E-state index contributed by atoms with van der Waals surface area (Å²) in [6, 6.07) is 31.5. The zero-order valence-electron chi connectivity index (χ0n) is 23.5. The SMILES string of the molecule is COC(=O)c1ccc(OCCc2c(CCN=[N+]=[N-])c3cc([N+](=O)[O-])ccc3n2C(c2ccccc2)c2ccccc2)cc1. The summed E-state index contributed by atoms with van der Waals surface area (Å²) in [5.74, 6) is 0.159. The van der Waals surface area contributed by atoms with Crippen LogP contribution in [0.25, 0.3) is 21.3 Å². The van der Waals surface area contributed by atoms with Gasteiger partial charge in [-0.25, -0.2) is 4.79 Å². The molecule has 0 saturated carbocycles. The second-order valence-corrected chi connectivity index (χ2v) is 9.80. The predicted molar refractivity (Wildman–Crippen MR) is 163 cm³/mol. The third kappa shape index (κ3) is 6.34. The number of nitro groups is 1. The average molecular weight is 576 g/mol. The number of hydrogen-bond donors (Lipinski definition) is 0. The quantitative estimate of drug-likeness (QED) is 0.0380. The minimum Gasteiger partial charge on any atom is -0.493 e. The summed E-state index contributed by atoms with van der Waals surface area (Å²) in [6.45, 7) is 0.489. The first kappa shape index (κ1) is 28.9. The summed E-state index contributed by atoms with van der Waals surface area (Å²) >= 11 is 0. The molecule has 0 amide bonds. The van der Waals surface area contributed by atoms with E-state index in [1.54, 1.807) is 36.4 Å². The lowest BCUT2D eigenvalue weighted by molar-refractivity contribution is -0.384. The van der Waals surface area contributed by atoms with E-state index in [1.165, 1.54) is 13.2 Å². The summed E-state index contributed by atoms with van der Waals surface area (Å²) in [5, 5.41) is 16.3. The van der Waals surface area contributed by atoms with Crippen molar-refractivity contribution in [3.63, 3.8) is 0 Å². The largest absolute Gasteiger partial charge is 0.493 e. The molecule has 0 saturated heterocycles. The zero-order chi connectivity index (χ0) is 30.2. The molecule has 0 unspecified atom stereocenters. The van der Waals surface area contributed by atoms with Crippen molar-refractivity contribution >= 4 is 22.6 Å². The van der Waals surface area contributed by atoms with Crippen molar-refractivity contribution in [1.29, 1.82) is 0 Å². The molecule has 216 valence electrons. The fourth-order valence-corrected chi connectivity index (χ4v) is 5.42. The Morgan fingerprint density at radius 3 is 2.19 bits per heavy atom. The molecule has 0 N–H and O–H groups in total. The monoisotopic (exact) mass is 575 g/mol. The summed E-state index contributed by atoms with van der Waals surface area (Å²) < 4.78 is 13.1. The van der Waals surface area contributed by atoms with Crippen molar-refractivity contribution in [1.82, 2.24) is 4.57 Å². The van der Waals surface area contributed by atoms with E-state index in [1.807, 2.05) is 36.4 Å². The number of esters is 1. The molecule has 5 aromatic rings. The Morgan fingerprint density at radius 1 is 0.953 bits per heavy atom. The van der Waals surface area contributed by atoms with E-state index in [2.05, 4.69) is 38.9 Å². The topological polar surface area (TPSA) is 132 Å². The smallest absolute Gasteiger partial charge is 0.337 e. The highest BCUT2D eigenvalue weighted by atomic mass is 16.6. The van der Waals surface area contributed by atoms with E-state index in [9.17, 15) is 14.9 Å². The van der Waals surface area contributed by atoms with Gasteiger partial charge in [0.05, 0.1) is 30.2 Å². The van der Waals surface area contributed by atoms with E-state index in [-0.39, 0.29) is 18.3 Å². The Labute approximate surface area is 247 Å². The van der Waals surface area contributed by atoms with Crippen LogP contribution in [-0.4, -0.2) is 35.7 Å². The number of methoxy groups -OCH3 is 1. The van der Waals surface area contributed by atoms with Crippen LogP contribution in [0.1, 0.15) is 38.8 Å². The molecular weight excluding hydrogens is 546 g/mol. The van der Waals surface area contributed by atoms with Crippen LogP contribution in [0.3, 0.4) is 0 Å². The van der Waals surface area contributed by atoms with Crippen LogP contribution in [0.4, 0.5) is 5.69 Å². The molecular formula is C33H29N5O5. The number of benzene rings is 4. The number of hydrogen-bond acceptors (Lipinski definition) is 6. The molecule has 0 spiro atoms. The highest BCUT2D eigenvalue weighted by Crippen LogP contribution is 2.38. The lowest BCUT2D eigenvalue weighted by atomic mass is 9.97. The van der Waals surface area contributed by atoms with Crippen molar-refractivity contribution in [3.8, 4) is 5.75 Å². The number of aromatic nitrogens is 1. The number of non-ortho nitro benzene ring substituents is 1. The first-order valence-electron chi connectivity index (χ1n) is 13.7. The Balaban J connectivity index is 1.65. The van der Waals surface area contributed by atoms with Crippen LogP contribution < -0.4 is 4.74 Å². The van der Waals surface area contributed by atoms with Gasteiger partial charge >= 0.3 is 5.97 Å². The number of rotatable bonds is 12. The number of ether oxygens (including phenoxy) is 2. The molecule has 0 aliphatic heterocycles. The van der Waals surface area contributed by atoms with Gasteiger partial charge in [0.15, 0.2) is 0 Å². The lowest BCUT2D eigenvalue weighted by Gasteiger charge is -2.25. The number of fused-ring (bicyclic) bond motifs is 1. The van der Waals surface area contributed by atoms with Gasteiger partial charge in [-0.1, -0.05) is 65.8 Å². The van der Waals surface area contributed by atoms with Gasteiger partial charge in [-0.3, -0.25) is 10.1 Å². The van der Waals surface area contributed by atoms with Gasteiger partial charge in [-0.15, -0.1) is 0 Å². The molecule has 43 heavy (non-hydrogen) atoms. The molecule has 4 aromatic carbocycles. The lowest BCUT2D eigenvalue weighted by Crippen LogP contribution is -2.17. The predicted octanol–water partition coefficient (Wildman–Crippen LogP) is 7.45. The van der Waals surface area contributed by atoms with E-state index in [0.717, 1.165) is 33.3 Å². The molecule has 5 rings (SSSR count). The van der Waals surface area contributed by atoms with Crippen molar-refractivity contribution in [3.05, 3.63) is 152 Å². The fraction of sp³-hybridized carbons (Fsp3) is 0.182. The first-order valence-corrected chi connectivity index (χ1v) is 13.7. The molecule has 1 heterocycles. The van der Waals surface area contributed by atoms with Gasteiger partial charge in [0.1, 0.15) is 5.75 Å². The van der Waals surface area contributed by atoms with Crippen molar-refractivity contribution < 1.29 is 19.2 Å². The summed E-state index contributed by atoms with van der Waals surface area (Å²) in [4.78, 5) is 26.1. The molecule has 1 aromatic heterocycles. The third-order valence-electron chi connectivity index (χ3n) is 7.31. The summed E-state index contributed by atoms with van der Waals surface area (Å²) in [7, 11) is 1.33. The van der Waals surface area contributed by atoms with Crippen molar-refractivity contribution in [2.75, 3.05) is 20.3 Å². The highest BCUT2D eigenvalue weighted by Gasteiger charge is 2.26. The molecule has 0 aliphatic rings. The van der Waals surface area contributed by atoms with Gasteiger partial charge in [-0.2, -0.15) is 0 Å². The fourth-order valence-electron chi connectivity index (χ4n) is 5.42. The van der Waals surface area contributed by atoms with Crippen LogP contribution in [0.5, 0.6) is 5.75 Å². The van der Waals surface area contributed by atoms with Gasteiger partial charge < -0.3 is 14.0 Å². The Kier molecular flexibility index (Phi) is 8.99. The number of carbonyl (C=O) groups is 1. The minimum atomic E-state index is -0.428. The van der Waals surface area contributed by atoms with E-state index in [0.29, 0.717) is 30.8 Å². The number of nitro benzene ring substituents is 1. The van der Waals surface area contributed by atoms with Crippen LogP contribution in [0.2, 0.25) is 0 Å². The van der Waals surface area contributed by atoms with Crippen LogP contribution in [0.15, 0.2) is 108 Å². The molecule has 0 fully saturated rings. The summed E-state index contributed by atoms with van der Waals surface area (Å²) in [6.07, 6.45) is 0.858. The maximum Gasteiger partial charge on any atom is 0.337 e. The highest BCUT2D eigenvalue weighted by molar-refractivity contribution is 5.89. The van der Waals surface area contributed by atoms with Gasteiger partial charge in [0, 0.05) is 46.6 Å². The van der Waals surface area contributed by atoms with E-state index >= 15 is 0 Å². The normalized spacial score (nSPS) is 10.8. The van der Waals surface area contributed by atoms with Gasteiger partial charge in [-0.05, 0) is 59.0 Å². The third-order valence-corrected chi connectivity index (χ3v) is 7.31. The number of azide groups is 1. The van der Waals surface area contributed by atoms with Gasteiger partial charge in [0.25, 0.3) is 5.69 Å². The Morgan fingerprint density at radius 2 is 1.60 bits per heavy atom. The molecule has 0 bridgehead atoms. The van der Waals surface area contributed by atoms with Crippen LogP contribution >= 0.6 is 0 Å². The van der Waals surface area contributed by atoms with Gasteiger partial charge in [0.2, 0.25) is 0 Å². The second kappa shape index (κ2) is 13.4. The van der Waals surface area contributed by atoms with Crippen molar-refractivity contribution in [2.45, 2.75) is 18.9 Å². The maximum absolute atomic E-state index is 11.8. The zero-order valence-corrected chi connectivity index (χ0v) is 23.5. The Hall–Kier alpha value is -5.60. The standard InChI is InChI=1S/C33H29N5O5/c1-42-33(39)25-12-15-27(16-13-25)43-21-19-31-28(18-20-35-36-34)29-22-26(38(40)41)14-17-30(29)37(31)32(23-8-4-2-5-9-23)24-10-6-3-7-11-24/h2-17,22,32H,18-21H2,1H3. The molecule has 0 atom stereocenters. The van der Waals surface area contributed by atoms with Crippen LogP contribution in [0, 0.1) is 10.1 Å². The summed E-state index contributed by atoms with van der Waals surface area (Å²) in [5.41, 5.74) is 14.1. The van der Waals surface area contributed by atoms with Crippen molar-refractivity contribution in [2.24, 2.45) is 5.11 Å². The molecule has 10 nitrogen and oxygen atoms in total. The van der Waals surface area contributed by atoms with Crippen LogP contribution in [-0.2, 0) is 17.6 Å². The first-order chi connectivity index (χ1) is 21.0. The Bertz CT molecular complexity index is 1740. The number of carbonyl (C=O) groups excluding carboxylic acids is 1. The minimum absolute atomic E-state index is 0.0147. The second-order valence-electron chi connectivity index (χ2n) is 9.80. The molecule has 0 aliphatic carbocycles.